The average Bonchev–Trinajstić information content (AvgIpc) is 2.87. The number of amides is 1. The van der Waals surface area contributed by atoms with Crippen LogP contribution in [-0.4, -0.2) is 21.2 Å². The summed E-state index contributed by atoms with van der Waals surface area (Å²) in [6.45, 7) is 7.75. The Balaban J connectivity index is 2.03. The second-order valence-corrected chi connectivity index (χ2v) is 7.50. The fourth-order valence-electron chi connectivity index (χ4n) is 1.95. The lowest BCUT2D eigenvalue weighted by atomic mass is 9.92. The van der Waals surface area contributed by atoms with Gasteiger partial charge in [-0.2, -0.15) is 0 Å². The van der Waals surface area contributed by atoms with Crippen molar-refractivity contribution in [2.24, 2.45) is 0 Å². The summed E-state index contributed by atoms with van der Waals surface area (Å²) in [4.78, 5) is 12.1. The van der Waals surface area contributed by atoms with Crippen molar-refractivity contribution in [3.05, 3.63) is 40.9 Å². The molecule has 0 radical (unpaired) electrons. The minimum absolute atomic E-state index is 0.0402. The predicted octanol–water partition coefficient (Wildman–Crippen LogP) is 3.07. The van der Waals surface area contributed by atoms with E-state index in [1.165, 1.54) is 11.3 Å². The smallest absolute Gasteiger partial charge is 0.229 e. The van der Waals surface area contributed by atoms with Crippen molar-refractivity contribution in [3.63, 3.8) is 0 Å². The van der Waals surface area contributed by atoms with Gasteiger partial charge in [0.05, 0.1) is 12.0 Å². The van der Waals surface area contributed by atoms with E-state index in [2.05, 4.69) is 15.5 Å². The fourth-order valence-corrected chi connectivity index (χ4v) is 2.77. The first kappa shape index (κ1) is 16.6. The van der Waals surface area contributed by atoms with Crippen molar-refractivity contribution >= 4 is 22.4 Å². The number of aromatic nitrogens is 2. The van der Waals surface area contributed by atoms with Crippen LogP contribution in [0.25, 0.3) is 0 Å². The zero-order chi connectivity index (χ0) is 16.4. The molecular formula is C16H21N3O2S. The Bertz CT molecular complexity index is 645. The molecule has 2 rings (SSSR count). The Morgan fingerprint density at radius 2 is 1.82 bits per heavy atom. The van der Waals surface area contributed by atoms with E-state index in [1.807, 2.05) is 39.0 Å². The van der Waals surface area contributed by atoms with Gasteiger partial charge in [0.15, 0.2) is 0 Å². The van der Waals surface area contributed by atoms with Crippen molar-refractivity contribution in [1.29, 1.82) is 0 Å². The Hall–Kier alpha value is -1.79. The lowest BCUT2D eigenvalue weighted by Gasteiger charge is -2.22. The lowest BCUT2D eigenvalue weighted by molar-refractivity contribution is -0.120. The number of nitrogens with zero attached hydrogens (tertiary/aromatic N) is 2. The number of hydrogen-bond acceptors (Lipinski definition) is 5. The normalized spacial score (nSPS) is 14.4. The SMILES string of the molecule is CC(C)(C)c1nnc(NC(=O)CC(C)(O)c2ccccc2)s1. The molecule has 1 atom stereocenters. The number of hydrogen-bond donors (Lipinski definition) is 2. The number of carbonyl (C=O) groups is 1. The van der Waals surface area contributed by atoms with E-state index in [0.717, 1.165) is 5.01 Å². The van der Waals surface area contributed by atoms with E-state index in [9.17, 15) is 9.90 Å². The van der Waals surface area contributed by atoms with Crippen LogP contribution in [0.1, 0.15) is 44.7 Å². The van der Waals surface area contributed by atoms with Gasteiger partial charge >= 0.3 is 0 Å². The van der Waals surface area contributed by atoms with E-state index < -0.39 is 5.60 Å². The first-order valence-electron chi connectivity index (χ1n) is 7.10. The molecule has 22 heavy (non-hydrogen) atoms. The van der Waals surface area contributed by atoms with Gasteiger partial charge in [0.2, 0.25) is 11.0 Å². The first-order valence-corrected chi connectivity index (χ1v) is 7.92. The average molecular weight is 319 g/mol. The highest BCUT2D eigenvalue weighted by atomic mass is 32.1. The van der Waals surface area contributed by atoms with E-state index >= 15 is 0 Å². The highest BCUT2D eigenvalue weighted by Crippen LogP contribution is 2.29. The second-order valence-electron chi connectivity index (χ2n) is 6.53. The van der Waals surface area contributed by atoms with Crippen LogP contribution in [0.4, 0.5) is 5.13 Å². The number of benzene rings is 1. The third-order valence-electron chi connectivity index (χ3n) is 3.21. The van der Waals surface area contributed by atoms with Crippen LogP contribution in [0.3, 0.4) is 0 Å². The third-order valence-corrected chi connectivity index (χ3v) is 4.48. The van der Waals surface area contributed by atoms with Crippen LogP contribution in [0.5, 0.6) is 0 Å². The minimum atomic E-state index is -1.22. The molecule has 0 bridgehead atoms. The summed E-state index contributed by atoms with van der Waals surface area (Å²) in [6.07, 6.45) is -0.0402. The molecule has 5 nitrogen and oxygen atoms in total. The number of rotatable bonds is 4. The van der Waals surface area contributed by atoms with Gasteiger partial charge in [-0.05, 0) is 12.5 Å². The summed E-state index contributed by atoms with van der Waals surface area (Å²) < 4.78 is 0. The Morgan fingerprint density at radius 1 is 1.18 bits per heavy atom. The summed E-state index contributed by atoms with van der Waals surface area (Å²) in [5, 5.41) is 22.6. The van der Waals surface area contributed by atoms with Gasteiger partial charge < -0.3 is 10.4 Å². The molecule has 1 aromatic carbocycles. The van der Waals surface area contributed by atoms with Gasteiger partial charge in [-0.15, -0.1) is 10.2 Å². The zero-order valence-corrected chi connectivity index (χ0v) is 14.1. The van der Waals surface area contributed by atoms with Gasteiger partial charge in [0.1, 0.15) is 5.01 Å². The minimum Gasteiger partial charge on any atom is -0.385 e. The zero-order valence-electron chi connectivity index (χ0n) is 13.3. The summed E-state index contributed by atoms with van der Waals surface area (Å²) in [6, 6.07) is 9.14. The molecule has 0 fully saturated rings. The first-order chi connectivity index (χ1) is 10.2. The maximum Gasteiger partial charge on any atom is 0.229 e. The van der Waals surface area contributed by atoms with Crippen molar-refractivity contribution in [2.75, 3.05) is 5.32 Å². The number of nitrogens with one attached hydrogen (secondary N) is 1. The van der Waals surface area contributed by atoms with Gasteiger partial charge in [0, 0.05) is 5.41 Å². The van der Waals surface area contributed by atoms with E-state index in [0.29, 0.717) is 10.7 Å². The lowest BCUT2D eigenvalue weighted by Crippen LogP contribution is -2.28. The molecule has 1 unspecified atom stereocenters. The monoisotopic (exact) mass is 319 g/mol. The van der Waals surface area contributed by atoms with E-state index in [4.69, 9.17) is 0 Å². The van der Waals surface area contributed by atoms with Crippen LogP contribution in [0, 0.1) is 0 Å². The van der Waals surface area contributed by atoms with Gasteiger partial charge in [-0.1, -0.05) is 62.4 Å². The predicted molar refractivity (Wildman–Crippen MR) is 87.9 cm³/mol. The molecule has 6 heteroatoms. The maximum atomic E-state index is 12.1. The van der Waals surface area contributed by atoms with Gasteiger partial charge in [-0.3, -0.25) is 4.79 Å². The van der Waals surface area contributed by atoms with Crippen LogP contribution < -0.4 is 5.32 Å². The molecule has 1 aromatic heterocycles. The fraction of sp³-hybridized carbons (Fsp3) is 0.438. The Morgan fingerprint density at radius 3 is 2.36 bits per heavy atom. The molecule has 1 heterocycles. The van der Waals surface area contributed by atoms with Crippen LogP contribution in [-0.2, 0) is 15.8 Å². The van der Waals surface area contributed by atoms with Crippen LogP contribution >= 0.6 is 11.3 Å². The van der Waals surface area contributed by atoms with Crippen molar-refractivity contribution < 1.29 is 9.90 Å². The summed E-state index contributed by atoms with van der Waals surface area (Å²) in [5.41, 5.74) is -0.614. The number of anilines is 1. The molecule has 0 spiro atoms. The number of aliphatic hydroxyl groups is 1. The maximum absolute atomic E-state index is 12.1. The molecular weight excluding hydrogens is 298 g/mol. The van der Waals surface area contributed by atoms with Gasteiger partial charge in [-0.25, -0.2) is 0 Å². The summed E-state index contributed by atoms with van der Waals surface area (Å²) >= 11 is 1.35. The number of carbonyl (C=O) groups excluding carboxylic acids is 1. The highest BCUT2D eigenvalue weighted by molar-refractivity contribution is 7.15. The van der Waals surface area contributed by atoms with Crippen molar-refractivity contribution in [3.8, 4) is 0 Å². The van der Waals surface area contributed by atoms with Gasteiger partial charge in [0.25, 0.3) is 0 Å². The van der Waals surface area contributed by atoms with Crippen molar-refractivity contribution in [2.45, 2.75) is 45.1 Å². The topological polar surface area (TPSA) is 75.1 Å². The molecule has 2 N–H and O–H groups in total. The highest BCUT2D eigenvalue weighted by Gasteiger charge is 2.27. The summed E-state index contributed by atoms with van der Waals surface area (Å²) in [5.74, 6) is -0.287. The largest absolute Gasteiger partial charge is 0.385 e. The van der Waals surface area contributed by atoms with Crippen LogP contribution in [0.15, 0.2) is 30.3 Å². The molecule has 0 aliphatic carbocycles. The molecule has 118 valence electrons. The van der Waals surface area contributed by atoms with E-state index in [-0.39, 0.29) is 17.7 Å². The molecule has 2 aromatic rings. The Kier molecular flexibility index (Phi) is 4.63. The molecule has 1 amide bonds. The molecule has 0 saturated heterocycles. The quantitative estimate of drug-likeness (QED) is 0.908. The molecule has 0 aliphatic heterocycles. The summed E-state index contributed by atoms with van der Waals surface area (Å²) in [7, 11) is 0. The van der Waals surface area contributed by atoms with Crippen LogP contribution in [0.2, 0.25) is 0 Å². The van der Waals surface area contributed by atoms with Crippen molar-refractivity contribution in [1.82, 2.24) is 10.2 Å². The van der Waals surface area contributed by atoms with E-state index in [1.54, 1.807) is 19.1 Å². The standard InChI is InChI=1S/C16H21N3O2S/c1-15(2,3)13-18-19-14(22-13)17-12(20)10-16(4,21)11-8-6-5-7-9-11/h5-9,21H,10H2,1-4H3,(H,17,19,20). The molecule has 0 aliphatic rings. The third kappa shape index (κ3) is 4.11. The Labute approximate surface area is 134 Å². The molecule has 0 saturated carbocycles. The second kappa shape index (κ2) is 6.14.